The van der Waals surface area contributed by atoms with E-state index in [0.717, 1.165) is 27.4 Å². The number of pyridine rings is 1. The molecule has 1 aromatic carbocycles. The van der Waals surface area contributed by atoms with Crippen LogP contribution in [0.25, 0.3) is 0 Å². The van der Waals surface area contributed by atoms with Crippen LogP contribution in [0.5, 0.6) is 0 Å². The van der Waals surface area contributed by atoms with Gasteiger partial charge >= 0.3 is 0 Å². The number of hydrogen-bond donors (Lipinski definition) is 2. The normalized spacial score (nSPS) is 10.3. The Bertz CT molecular complexity index is 775. The molecule has 2 heterocycles. The van der Waals surface area contributed by atoms with Gasteiger partial charge in [-0.3, -0.25) is 4.98 Å². The molecule has 0 unspecified atom stereocenters. The van der Waals surface area contributed by atoms with Crippen molar-refractivity contribution in [2.75, 3.05) is 10.6 Å². The predicted molar refractivity (Wildman–Crippen MR) is 95.8 cm³/mol. The van der Waals surface area contributed by atoms with Crippen molar-refractivity contribution in [1.82, 2.24) is 15.0 Å². The summed E-state index contributed by atoms with van der Waals surface area (Å²) in [6.07, 6.45) is 3.56. The highest BCUT2D eigenvalue weighted by molar-refractivity contribution is 9.10. The first-order valence-electron chi connectivity index (χ1n) is 7.20. The lowest BCUT2D eigenvalue weighted by Gasteiger charge is -2.10. The zero-order chi connectivity index (χ0) is 16.1. The highest BCUT2D eigenvalue weighted by Gasteiger charge is 2.03. The lowest BCUT2D eigenvalue weighted by atomic mass is 10.3. The molecule has 3 rings (SSSR count). The summed E-state index contributed by atoms with van der Waals surface area (Å²) >= 11 is 3.43. The van der Waals surface area contributed by atoms with Crippen LogP contribution in [0.3, 0.4) is 0 Å². The zero-order valence-corrected chi connectivity index (χ0v) is 14.2. The molecule has 0 bridgehead atoms. The number of anilines is 3. The van der Waals surface area contributed by atoms with E-state index in [1.807, 2.05) is 49.4 Å². The van der Waals surface area contributed by atoms with Crippen molar-refractivity contribution in [2.45, 2.75) is 13.5 Å². The van der Waals surface area contributed by atoms with E-state index in [1.54, 1.807) is 12.4 Å². The van der Waals surface area contributed by atoms with Gasteiger partial charge in [-0.15, -0.1) is 0 Å². The van der Waals surface area contributed by atoms with Gasteiger partial charge in [0.15, 0.2) is 0 Å². The Hall–Kier alpha value is -2.47. The number of rotatable bonds is 5. The standard InChI is InChI=1S/C17H16BrN5/c1-12-21-16(20-11-13-6-8-19-9-7-13)10-17(22-12)23-15-4-2-14(18)3-5-15/h2-10H,11H2,1H3,(H2,20,21,22,23). The molecule has 0 aliphatic heterocycles. The van der Waals surface area contributed by atoms with Crippen LogP contribution in [0, 0.1) is 6.92 Å². The van der Waals surface area contributed by atoms with Crippen molar-refractivity contribution in [3.63, 3.8) is 0 Å². The SMILES string of the molecule is Cc1nc(NCc2ccncc2)cc(Nc2ccc(Br)cc2)n1. The van der Waals surface area contributed by atoms with Crippen LogP contribution >= 0.6 is 15.9 Å². The molecule has 0 fully saturated rings. The van der Waals surface area contributed by atoms with E-state index < -0.39 is 0 Å². The summed E-state index contributed by atoms with van der Waals surface area (Å²) in [5.74, 6) is 2.26. The second-order valence-corrected chi connectivity index (χ2v) is 5.94. The second-order valence-electron chi connectivity index (χ2n) is 5.03. The second kappa shape index (κ2) is 7.19. The minimum absolute atomic E-state index is 0.691. The number of benzene rings is 1. The van der Waals surface area contributed by atoms with Gasteiger partial charge in [0.1, 0.15) is 17.5 Å². The Morgan fingerprint density at radius 2 is 1.65 bits per heavy atom. The summed E-state index contributed by atoms with van der Waals surface area (Å²) in [6, 6.07) is 13.8. The molecule has 0 aliphatic carbocycles. The summed E-state index contributed by atoms with van der Waals surface area (Å²) < 4.78 is 1.04. The summed E-state index contributed by atoms with van der Waals surface area (Å²) in [6.45, 7) is 2.57. The average Bonchev–Trinajstić information content (AvgIpc) is 2.56. The molecule has 5 nitrogen and oxygen atoms in total. The van der Waals surface area contributed by atoms with Gasteiger partial charge in [-0.25, -0.2) is 9.97 Å². The molecule has 0 saturated carbocycles. The predicted octanol–water partition coefficient (Wildman–Crippen LogP) is 4.30. The molecule has 0 spiro atoms. The van der Waals surface area contributed by atoms with Gasteiger partial charge in [0.25, 0.3) is 0 Å². The maximum Gasteiger partial charge on any atom is 0.136 e. The molecule has 116 valence electrons. The van der Waals surface area contributed by atoms with Crippen LogP contribution in [-0.4, -0.2) is 15.0 Å². The smallest absolute Gasteiger partial charge is 0.136 e. The number of hydrogen-bond acceptors (Lipinski definition) is 5. The zero-order valence-electron chi connectivity index (χ0n) is 12.6. The molecule has 0 saturated heterocycles. The Labute approximate surface area is 143 Å². The van der Waals surface area contributed by atoms with Crippen LogP contribution in [0.4, 0.5) is 17.3 Å². The number of nitrogens with one attached hydrogen (secondary N) is 2. The molecule has 2 aromatic heterocycles. The molecular weight excluding hydrogens is 354 g/mol. The first-order chi connectivity index (χ1) is 11.2. The summed E-state index contributed by atoms with van der Waals surface area (Å²) in [5, 5.41) is 6.60. The lowest BCUT2D eigenvalue weighted by Crippen LogP contribution is -2.05. The number of aromatic nitrogens is 3. The fourth-order valence-corrected chi connectivity index (χ4v) is 2.36. The van der Waals surface area contributed by atoms with Crippen LogP contribution in [0.2, 0.25) is 0 Å². The summed E-state index contributed by atoms with van der Waals surface area (Å²) in [7, 11) is 0. The van der Waals surface area contributed by atoms with E-state index in [4.69, 9.17) is 0 Å². The van der Waals surface area contributed by atoms with Gasteiger partial charge < -0.3 is 10.6 Å². The molecule has 23 heavy (non-hydrogen) atoms. The summed E-state index contributed by atoms with van der Waals surface area (Å²) in [5.41, 5.74) is 2.13. The van der Waals surface area contributed by atoms with Crippen molar-refractivity contribution in [3.8, 4) is 0 Å². The van der Waals surface area contributed by atoms with Crippen molar-refractivity contribution >= 4 is 33.3 Å². The third kappa shape index (κ3) is 4.50. The highest BCUT2D eigenvalue weighted by atomic mass is 79.9. The van der Waals surface area contributed by atoms with E-state index >= 15 is 0 Å². The van der Waals surface area contributed by atoms with Crippen LogP contribution in [0.15, 0.2) is 59.3 Å². The molecule has 6 heteroatoms. The fourth-order valence-electron chi connectivity index (χ4n) is 2.10. The molecule has 0 aliphatic rings. The fraction of sp³-hybridized carbons (Fsp3) is 0.118. The van der Waals surface area contributed by atoms with Gasteiger partial charge in [0.2, 0.25) is 0 Å². The van der Waals surface area contributed by atoms with Crippen LogP contribution in [-0.2, 0) is 6.54 Å². The van der Waals surface area contributed by atoms with E-state index in [2.05, 4.69) is 41.5 Å². The highest BCUT2D eigenvalue weighted by Crippen LogP contribution is 2.20. The number of aryl methyl sites for hydroxylation is 1. The Morgan fingerprint density at radius 3 is 2.39 bits per heavy atom. The third-order valence-corrected chi connectivity index (χ3v) is 3.71. The molecular formula is C17H16BrN5. The van der Waals surface area contributed by atoms with Crippen LogP contribution in [0.1, 0.15) is 11.4 Å². The quantitative estimate of drug-likeness (QED) is 0.701. The van der Waals surface area contributed by atoms with Crippen molar-refractivity contribution in [3.05, 3.63) is 70.7 Å². The molecule has 3 aromatic rings. The Kier molecular flexibility index (Phi) is 4.83. The first-order valence-corrected chi connectivity index (χ1v) is 7.99. The van der Waals surface area contributed by atoms with Gasteiger partial charge in [-0.05, 0) is 48.9 Å². The maximum absolute atomic E-state index is 4.42. The van der Waals surface area contributed by atoms with Crippen LogP contribution < -0.4 is 10.6 Å². The minimum Gasteiger partial charge on any atom is -0.366 e. The van der Waals surface area contributed by atoms with E-state index in [1.165, 1.54) is 0 Å². The first kappa shape index (κ1) is 15.4. The van der Waals surface area contributed by atoms with E-state index in [0.29, 0.717) is 12.4 Å². The van der Waals surface area contributed by atoms with Gasteiger partial charge in [0.05, 0.1) is 0 Å². The topological polar surface area (TPSA) is 62.7 Å². The number of nitrogens with zero attached hydrogens (tertiary/aromatic N) is 3. The maximum atomic E-state index is 4.42. The van der Waals surface area contributed by atoms with Gasteiger partial charge in [-0.2, -0.15) is 0 Å². The molecule has 0 amide bonds. The van der Waals surface area contributed by atoms with E-state index in [9.17, 15) is 0 Å². The monoisotopic (exact) mass is 369 g/mol. The Morgan fingerprint density at radius 1 is 0.957 bits per heavy atom. The Balaban J connectivity index is 1.72. The van der Waals surface area contributed by atoms with Crippen molar-refractivity contribution in [1.29, 1.82) is 0 Å². The summed E-state index contributed by atoms with van der Waals surface area (Å²) in [4.78, 5) is 12.9. The van der Waals surface area contributed by atoms with Crippen molar-refractivity contribution < 1.29 is 0 Å². The number of halogens is 1. The largest absolute Gasteiger partial charge is 0.366 e. The van der Waals surface area contributed by atoms with E-state index in [-0.39, 0.29) is 0 Å². The molecule has 0 atom stereocenters. The van der Waals surface area contributed by atoms with Gasteiger partial charge in [0, 0.05) is 35.2 Å². The minimum atomic E-state index is 0.691. The average molecular weight is 370 g/mol. The molecule has 2 N–H and O–H groups in total. The lowest BCUT2D eigenvalue weighted by molar-refractivity contribution is 1.02. The van der Waals surface area contributed by atoms with Gasteiger partial charge in [-0.1, -0.05) is 15.9 Å². The third-order valence-electron chi connectivity index (χ3n) is 3.18. The van der Waals surface area contributed by atoms with Crippen molar-refractivity contribution in [2.24, 2.45) is 0 Å². The molecule has 0 radical (unpaired) electrons.